The fraction of sp³-hybridized carbons (Fsp3) is 0.579. The average Bonchev–Trinajstić information content (AvgIpc) is 2.91. The molecule has 24 heavy (non-hydrogen) atoms. The van der Waals surface area contributed by atoms with E-state index in [9.17, 15) is 10.2 Å². The van der Waals surface area contributed by atoms with E-state index in [0.29, 0.717) is 25.1 Å². The number of rotatable bonds is 1. The third-order valence-electron chi connectivity index (χ3n) is 6.91. The summed E-state index contributed by atoms with van der Waals surface area (Å²) >= 11 is 0. The fourth-order valence-corrected chi connectivity index (χ4v) is 5.98. The minimum Gasteiger partial charge on any atom is -0.504 e. The van der Waals surface area contributed by atoms with Gasteiger partial charge in [0.25, 0.3) is 0 Å². The molecule has 1 aromatic rings. The molecule has 0 aromatic heterocycles. The second-order valence-corrected chi connectivity index (χ2v) is 7.73. The van der Waals surface area contributed by atoms with Crippen molar-refractivity contribution in [2.75, 3.05) is 13.1 Å². The van der Waals surface area contributed by atoms with Gasteiger partial charge in [0, 0.05) is 24.2 Å². The lowest BCUT2D eigenvalue weighted by atomic mass is 9.48. The van der Waals surface area contributed by atoms with Crippen LogP contribution in [0.5, 0.6) is 11.5 Å². The molecule has 2 heterocycles. The highest BCUT2D eigenvalue weighted by Crippen LogP contribution is 2.65. The van der Waals surface area contributed by atoms with Gasteiger partial charge in [0.1, 0.15) is 6.10 Å². The van der Waals surface area contributed by atoms with Crippen molar-refractivity contribution in [2.24, 2.45) is 5.73 Å². The molecule has 126 valence electrons. The molecule has 1 spiro atoms. The zero-order valence-corrected chi connectivity index (χ0v) is 13.5. The number of terminal acetylenes is 1. The van der Waals surface area contributed by atoms with Gasteiger partial charge in [0.2, 0.25) is 0 Å². The van der Waals surface area contributed by atoms with E-state index in [1.54, 1.807) is 6.07 Å². The zero-order valence-electron chi connectivity index (χ0n) is 13.5. The second-order valence-electron chi connectivity index (χ2n) is 7.73. The lowest BCUT2D eigenvalue weighted by molar-refractivity contribution is -0.186. The molecular formula is C19H22N2O3. The Labute approximate surface area is 141 Å². The van der Waals surface area contributed by atoms with Crippen molar-refractivity contribution in [1.29, 1.82) is 0 Å². The summed E-state index contributed by atoms with van der Waals surface area (Å²) in [6.45, 7) is 1.36. The van der Waals surface area contributed by atoms with Crippen LogP contribution in [0.2, 0.25) is 0 Å². The van der Waals surface area contributed by atoms with Gasteiger partial charge < -0.3 is 20.7 Å². The molecule has 2 aliphatic heterocycles. The summed E-state index contributed by atoms with van der Waals surface area (Å²) in [6.07, 6.45) is 8.12. The first-order valence-corrected chi connectivity index (χ1v) is 8.70. The van der Waals surface area contributed by atoms with Crippen molar-refractivity contribution < 1.29 is 14.9 Å². The third-order valence-corrected chi connectivity index (χ3v) is 6.91. The van der Waals surface area contributed by atoms with E-state index in [4.69, 9.17) is 16.9 Å². The normalized spacial score (nSPS) is 42.1. The minimum absolute atomic E-state index is 0.0242. The number of phenols is 1. The Morgan fingerprint density at radius 3 is 3.04 bits per heavy atom. The lowest BCUT2D eigenvalue weighted by Crippen LogP contribution is -2.77. The largest absolute Gasteiger partial charge is 0.504 e. The zero-order chi connectivity index (χ0) is 16.7. The number of hydrogen-bond donors (Lipinski definition) is 3. The Morgan fingerprint density at radius 1 is 1.42 bits per heavy atom. The Balaban J connectivity index is 1.79. The van der Waals surface area contributed by atoms with Crippen LogP contribution in [-0.4, -0.2) is 52.0 Å². The Hall–Kier alpha value is -1.74. The predicted molar refractivity (Wildman–Crippen MR) is 88.9 cm³/mol. The van der Waals surface area contributed by atoms with Gasteiger partial charge in [-0.3, -0.25) is 4.90 Å². The number of benzene rings is 1. The number of likely N-dealkylation sites (tertiary alicyclic amines) is 1. The van der Waals surface area contributed by atoms with Crippen LogP contribution in [0.3, 0.4) is 0 Å². The maximum atomic E-state index is 11.9. The smallest absolute Gasteiger partial charge is 0.165 e. The van der Waals surface area contributed by atoms with Crippen molar-refractivity contribution in [1.82, 2.24) is 4.90 Å². The summed E-state index contributed by atoms with van der Waals surface area (Å²) in [7, 11) is 0. The van der Waals surface area contributed by atoms with Crippen molar-refractivity contribution >= 4 is 0 Å². The molecule has 0 unspecified atom stereocenters. The van der Waals surface area contributed by atoms with E-state index in [2.05, 4.69) is 10.8 Å². The van der Waals surface area contributed by atoms with Gasteiger partial charge in [-0.1, -0.05) is 12.0 Å². The van der Waals surface area contributed by atoms with Crippen molar-refractivity contribution in [3.8, 4) is 23.8 Å². The van der Waals surface area contributed by atoms with Crippen LogP contribution in [0.1, 0.15) is 30.4 Å². The van der Waals surface area contributed by atoms with Crippen LogP contribution in [0.15, 0.2) is 12.1 Å². The number of hydrogen-bond acceptors (Lipinski definition) is 5. The van der Waals surface area contributed by atoms with Gasteiger partial charge in [0.15, 0.2) is 11.5 Å². The molecule has 5 nitrogen and oxygen atoms in total. The number of ether oxygens (including phenoxy) is 1. The van der Waals surface area contributed by atoms with Crippen LogP contribution >= 0.6 is 0 Å². The first-order chi connectivity index (χ1) is 11.5. The van der Waals surface area contributed by atoms with Crippen LogP contribution < -0.4 is 10.5 Å². The Kier molecular flexibility index (Phi) is 2.71. The molecule has 4 N–H and O–H groups in total. The molecule has 2 bridgehead atoms. The Morgan fingerprint density at radius 2 is 2.25 bits per heavy atom. The molecular weight excluding hydrogens is 304 g/mol. The first kappa shape index (κ1) is 14.6. The van der Waals surface area contributed by atoms with Crippen LogP contribution in [0.25, 0.3) is 0 Å². The maximum absolute atomic E-state index is 11.9. The van der Waals surface area contributed by atoms with Crippen molar-refractivity contribution in [3.63, 3.8) is 0 Å². The number of piperidine rings is 1. The summed E-state index contributed by atoms with van der Waals surface area (Å²) in [5, 5.41) is 22.2. The molecule has 1 aromatic carbocycles. The summed E-state index contributed by atoms with van der Waals surface area (Å²) in [6, 6.07) is 3.50. The van der Waals surface area contributed by atoms with E-state index in [1.165, 1.54) is 0 Å². The molecule has 5 atom stereocenters. The predicted octanol–water partition coefficient (Wildman–Crippen LogP) is 0.507. The number of nitrogens with zero attached hydrogens (tertiary/aromatic N) is 1. The average molecular weight is 326 g/mol. The summed E-state index contributed by atoms with van der Waals surface area (Å²) in [4.78, 5) is 2.23. The monoisotopic (exact) mass is 326 g/mol. The van der Waals surface area contributed by atoms with Gasteiger partial charge in [-0.25, -0.2) is 0 Å². The van der Waals surface area contributed by atoms with E-state index in [1.807, 2.05) is 6.07 Å². The molecule has 5 rings (SSSR count). The van der Waals surface area contributed by atoms with Crippen molar-refractivity contribution in [2.45, 2.75) is 54.9 Å². The van der Waals surface area contributed by atoms with E-state index in [-0.39, 0.29) is 23.9 Å². The molecule has 0 radical (unpaired) electrons. The minimum atomic E-state index is -0.908. The molecule has 5 heteroatoms. The molecule has 1 saturated heterocycles. The number of aromatic hydroxyl groups is 1. The van der Waals surface area contributed by atoms with E-state index < -0.39 is 11.0 Å². The highest BCUT2D eigenvalue weighted by atomic mass is 16.5. The molecule has 2 fully saturated rings. The number of nitrogens with two attached hydrogens (primary N) is 1. The first-order valence-electron chi connectivity index (χ1n) is 8.70. The van der Waals surface area contributed by atoms with Crippen LogP contribution in [-0.2, 0) is 11.8 Å². The fourth-order valence-electron chi connectivity index (χ4n) is 5.98. The summed E-state index contributed by atoms with van der Waals surface area (Å²) in [5.74, 6) is 3.42. The standard InChI is InChI=1S/C19H22N2O3/c1-2-8-21-9-7-18-15-11-3-4-13(22)16(15)24-17(18)12(20)5-6-19(18,23)14(21)10-11/h1,3-4,12,14,17,22-23H,5-10,20H2/t12-,14+,17+,18+,19-/m1/s1. The SMILES string of the molecule is C#CCN1CC[C@]23c4c5ccc(O)c4O[C@H]2[C@H](N)CC[C@@]3(O)[C@@H]1C5. The molecule has 4 aliphatic rings. The molecule has 0 amide bonds. The van der Waals surface area contributed by atoms with Crippen LogP contribution in [0, 0.1) is 12.3 Å². The summed E-state index contributed by atoms with van der Waals surface area (Å²) in [5.41, 5.74) is 7.12. The van der Waals surface area contributed by atoms with Gasteiger partial charge in [0.05, 0.1) is 17.6 Å². The van der Waals surface area contributed by atoms with Crippen molar-refractivity contribution in [3.05, 3.63) is 23.3 Å². The second kappa shape index (κ2) is 4.45. The van der Waals surface area contributed by atoms with E-state index >= 15 is 0 Å². The van der Waals surface area contributed by atoms with E-state index in [0.717, 1.165) is 30.5 Å². The maximum Gasteiger partial charge on any atom is 0.165 e. The van der Waals surface area contributed by atoms with Crippen LogP contribution in [0.4, 0.5) is 0 Å². The topological polar surface area (TPSA) is 79.0 Å². The molecule has 1 saturated carbocycles. The van der Waals surface area contributed by atoms with Gasteiger partial charge >= 0.3 is 0 Å². The van der Waals surface area contributed by atoms with Gasteiger partial charge in [-0.15, -0.1) is 6.42 Å². The third kappa shape index (κ3) is 1.40. The van der Waals surface area contributed by atoms with Gasteiger partial charge in [-0.2, -0.15) is 0 Å². The van der Waals surface area contributed by atoms with Gasteiger partial charge in [-0.05, 0) is 37.3 Å². The summed E-state index contributed by atoms with van der Waals surface area (Å²) < 4.78 is 6.19. The Bertz CT molecular complexity index is 773. The number of phenolic OH excluding ortho intramolecular Hbond substituents is 1. The number of aliphatic hydroxyl groups is 1. The molecule has 2 aliphatic carbocycles. The highest BCUT2D eigenvalue weighted by Gasteiger charge is 2.72. The highest BCUT2D eigenvalue weighted by molar-refractivity contribution is 5.62. The lowest BCUT2D eigenvalue weighted by Gasteiger charge is -2.63. The quantitative estimate of drug-likeness (QED) is 0.655.